The molecule has 7 heteroatoms. The zero-order valence-corrected chi connectivity index (χ0v) is 14.1. The molecule has 1 atom stereocenters. The van der Waals surface area contributed by atoms with Crippen LogP contribution in [0.15, 0.2) is 30.3 Å². The first-order valence-electron chi connectivity index (χ1n) is 6.65. The molecule has 0 heterocycles. The van der Waals surface area contributed by atoms with E-state index in [1.807, 2.05) is 30.3 Å². The van der Waals surface area contributed by atoms with Crippen LogP contribution in [0.4, 0.5) is 0 Å². The maximum atomic E-state index is 12.0. The van der Waals surface area contributed by atoms with Gasteiger partial charge >= 0.3 is 0 Å². The molecule has 0 bridgehead atoms. The molecule has 0 aliphatic carbocycles. The third-order valence-electron chi connectivity index (χ3n) is 2.83. The molecule has 0 spiro atoms. The van der Waals surface area contributed by atoms with Crippen molar-refractivity contribution >= 4 is 40.7 Å². The van der Waals surface area contributed by atoms with Crippen LogP contribution >= 0.6 is 34.8 Å². The van der Waals surface area contributed by atoms with E-state index in [1.165, 1.54) is 0 Å². The average molecular weight is 355 g/mol. The van der Waals surface area contributed by atoms with Gasteiger partial charge in [-0.25, -0.2) is 0 Å². The van der Waals surface area contributed by atoms with Crippen LogP contribution in [0.5, 0.6) is 0 Å². The van der Waals surface area contributed by atoms with E-state index in [2.05, 4.69) is 5.32 Å². The quantitative estimate of drug-likeness (QED) is 0.424. The van der Waals surface area contributed by atoms with E-state index in [4.69, 9.17) is 39.5 Å². The second kappa shape index (κ2) is 9.49. The van der Waals surface area contributed by atoms with E-state index in [0.29, 0.717) is 13.2 Å². The maximum absolute atomic E-state index is 12.0. The summed E-state index contributed by atoms with van der Waals surface area (Å²) >= 11 is 17.7. The van der Waals surface area contributed by atoms with Gasteiger partial charge in [-0.1, -0.05) is 65.1 Å². The number of quaternary nitrogens is 1. The van der Waals surface area contributed by atoms with Crippen molar-refractivity contribution in [2.75, 3.05) is 20.3 Å². The Kier molecular flexibility index (Phi) is 8.37. The largest absolute Gasteiger partial charge is 0.384 e. The van der Waals surface area contributed by atoms with Crippen molar-refractivity contribution in [2.24, 2.45) is 0 Å². The summed E-state index contributed by atoms with van der Waals surface area (Å²) in [5.41, 5.74) is 0.914. The number of alkyl halides is 3. The van der Waals surface area contributed by atoms with Gasteiger partial charge in [0.1, 0.15) is 0 Å². The third-order valence-corrected chi connectivity index (χ3v) is 3.54. The number of methoxy groups -OCH3 is 1. The molecule has 1 aromatic carbocycles. The number of hydrogen-bond acceptors (Lipinski definition) is 2. The van der Waals surface area contributed by atoms with Crippen LogP contribution in [0, 0.1) is 0 Å². The third kappa shape index (κ3) is 7.88. The molecule has 118 valence electrons. The van der Waals surface area contributed by atoms with E-state index >= 15 is 0 Å². The summed E-state index contributed by atoms with van der Waals surface area (Å²) < 4.78 is 3.39. The second-order valence-corrected chi connectivity index (χ2v) is 6.99. The Morgan fingerprint density at radius 1 is 1.33 bits per heavy atom. The highest BCUT2D eigenvalue weighted by molar-refractivity contribution is 6.68. The van der Waals surface area contributed by atoms with Crippen molar-refractivity contribution in [3.63, 3.8) is 0 Å². The van der Waals surface area contributed by atoms with Crippen LogP contribution in [0.3, 0.4) is 0 Å². The minimum atomic E-state index is -1.57. The second-order valence-electron chi connectivity index (χ2n) is 4.62. The molecule has 0 aliphatic heterocycles. The lowest BCUT2D eigenvalue weighted by atomic mass is 10.1. The van der Waals surface area contributed by atoms with Gasteiger partial charge in [-0.2, -0.15) is 0 Å². The van der Waals surface area contributed by atoms with Crippen LogP contribution in [0.1, 0.15) is 12.0 Å². The van der Waals surface area contributed by atoms with Crippen molar-refractivity contribution in [1.82, 2.24) is 5.32 Å². The summed E-state index contributed by atoms with van der Waals surface area (Å²) in [6.45, 7) is 1.32. The van der Waals surface area contributed by atoms with Gasteiger partial charge in [-0.15, -0.1) is 0 Å². The average Bonchev–Trinajstić information content (AvgIpc) is 2.42. The molecular formula is C14H20Cl3N2O2+. The molecule has 0 fully saturated rings. The highest BCUT2D eigenvalue weighted by atomic mass is 35.6. The van der Waals surface area contributed by atoms with Gasteiger partial charge in [-0.3, -0.25) is 4.79 Å². The molecular weight excluding hydrogens is 335 g/mol. The predicted molar refractivity (Wildman–Crippen MR) is 85.7 cm³/mol. The summed E-state index contributed by atoms with van der Waals surface area (Å²) in [7, 11) is 1.63. The minimum Gasteiger partial charge on any atom is -0.384 e. The minimum absolute atomic E-state index is 0.180. The fourth-order valence-corrected chi connectivity index (χ4v) is 2.22. The summed E-state index contributed by atoms with van der Waals surface area (Å²) in [6, 6.07) is 9.42. The van der Waals surface area contributed by atoms with Crippen molar-refractivity contribution in [1.29, 1.82) is 0 Å². The van der Waals surface area contributed by atoms with Gasteiger partial charge in [0.2, 0.25) is 12.1 Å². The van der Waals surface area contributed by atoms with Gasteiger partial charge in [0.05, 0.1) is 19.6 Å². The Balaban J connectivity index is 2.49. The summed E-state index contributed by atoms with van der Waals surface area (Å²) in [4.78, 5) is 12.0. The van der Waals surface area contributed by atoms with Gasteiger partial charge in [0.25, 0.3) is 3.79 Å². The van der Waals surface area contributed by atoms with Crippen molar-refractivity contribution in [3.8, 4) is 0 Å². The van der Waals surface area contributed by atoms with E-state index in [0.717, 1.165) is 12.0 Å². The number of rotatable bonds is 8. The van der Waals surface area contributed by atoms with Crippen LogP contribution < -0.4 is 10.6 Å². The fourth-order valence-electron chi connectivity index (χ4n) is 1.79. The first-order valence-corrected chi connectivity index (χ1v) is 7.79. The number of carbonyl (C=O) groups excluding carboxylic acids is 1. The maximum Gasteiger partial charge on any atom is 0.262 e. The van der Waals surface area contributed by atoms with Gasteiger partial charge in [-0.05, 0) is 5.56 Å². The number of nitrogens with one attached hydrogen (secondary N) is 1. The van der Waals surface area contributed by atoms with Crippen LogP contribution in [0.2, 0.25) is 0 Å². The molecule has 0 unspecified atom stereocenters. The molecule has 3 N–H and O–H groups in total. The Hall–Kier alpha value is -0.520. The fraction of sp³-hybridized carbons (Fsp3) is 0.500. The lowest BCUT2D eigenvalue weighted by molar-refractivity contribution is -0.692. The Morgan fingerprint density at radius 2 is 2.00 bits per heavy atom. The Morgan fingerprint density at radius 3 is 2.57 bits per heavy atom. The molecule has 1 aromatic rings. The SMILES string of the molecule is COCCC[NH2+][C@@H](NC(=O)Cc1ccccc1)C(Cl)(Cl)Cl. The molecule has 1 rings (SSSR count). The van der Waals surface area contributed by atoms with Crippen LogP contribution in [-0.4, -0.2) is 36.1 Å². The number of halogens is 3. The van der Waals surface area contributed by atoms with Crippen molar-refractivity contribution in [2.45, 2.75) is 22.8 Å². The van der Waals surface area contributed by atoms with Crippen LogP contribution in [0.25, 0.3) is 0 Å². The number of ether oxygens (including phenoxy) is 1. The lowest BCUT2D eigenvalue weighted by Gasteiger charge is -2.23. The molecule has 0 saturated heterocycles. The normalized spacial score (nSPS) is 13.0. The number of carbonyl (C=O) groups is 1. The monoisotopic (exact) mass is 353 g/mol. The smallest absolute Gasteiger partial charge is 0.262 e. The standard InChI is InChI=1S/C14H19Cl3N2O2/c1-21-9-5-8-18-13(14(15,16)17)19-12(20)10-11-6-3-2-4-7-11/h2-4,6-7,13,18H,5,8-10H2,1H3,(H,19,20)/p+1/t13-/m0/s1. The summed E-state index contributed by atoms with van der Waals surface area (Å²) in [5, 5.41) is 4.55. The highest BCUT2D eigenvalue weighted by Crippen LogP contribution is 2.27. The Bertz CT molecular complexity index is 424. The van der Waals surface area contributed by atoms with Gasteiger partial charge in [0.15, 0.2) is 0 Å². The molecule has 0 radical (unpaired) electrons. The van der Waals surface area contributed by atoms with E-state index in [1.54, 1.807) is 12.4 Å². The van der Waals surface area contributed by atoms with Crippen molar-refractivity contribution in [3.05, 3.63) is 35.9 Å². The summed E-state index contributed by atoms with van der Waals surface area (Å²) in [5.74, 6) is -0.180. The molecule has 21 heavy (non-hydrogen) atoms. The zero-order valence-electron chi connectivity index (χ0n) is 11.8. The topological polar surface area (TPSA) is 54.9 Å². The first-order chi connectivity index (χ1) is 9.93. The van der Waals surface area contributed by atoms with E-state index in [-0.39, 0.29) is 12.3 Å². The molecule has 0 saturated carbocycles. The number of amides is 1. The molecule has 4 nitrogen and oxygen atoms in total. The first kappa shape index (κ1) is 18.5. The number of nitrogens with two attached hydrogens (primary N) is 1. The predicted octanol–water partition coefficient (Wildman–Crippen LogP) is 1.64. The van der Waals surface area contributed by atoms with Gasteiger partial charge in [0, 0.05) is 13.5 Å². The Labute approximate surface area is 140 Å². The molecule has 1 amide bonds. The molecule has 0 aromatic heterocycles. The van der Waals surface area contributed by atoms with E-state index < -0.39 is 9.96 Å². The number of hydrogen-bond donors (Lipinski definition) is 2. The lowest BCUT2D eigenvalue weighted by Crippen LogP contribution is -2.96. The van der Waals surface area contributed by atoms with E-state index in [9.17, 15) is 4.79 Å². The van der Waals surface area contributed by atoms with Crippen LogP contribution in [-0.2, 0) is 16.0 Å². The molecule has 0 aliphatic rings. The van der Waals surface area contributed by atoms with Crippen molar-refractivity contribution < 1.29 is 14.8 Å². The highest BCUT2D eigenvalue weighted by Gasteiger charge is 2.37. The zero-order chi connectivity index (χ0) is 15.7. The summed E-state index contributed by atoms with van der Waals surface area (Å²) in [6.07, 6.45) is 0.433. The number of benzene rings is 1. The van der Waals surface area contributed by atoms with Gasteiger partial charge < -0.3 is 15.4 Å².